The SMILES string of the molecule is CN=C(NCCCCC(C)C)NCCOc1cccc(NC(C)=O)c1.I. The van der Waals surface area contributed by atoms with Crippen LogP contribution in [0.25, 0.3) is 0 Å². The van der Waals surface area contributed by atoms with Crippen molar-refractivity contribution in [3.8, 4) is 5.75 Å². The summed E-state index contributed by atoms with van der Waals surface area (Å²) in [6.45, 7) is 8.07. The Morgan fingerprint density at radius 1 is 1.19 bits per heavy atom. The number of rotatable bonds is 10. The molecule has 0 aliphatic carbocycles. The summed E-state index contributed by atoms with van der Waals surface area (Å²) in [7, 11) is 1.77. The zero-order valence-corrected chi connectivity index (χ0v) is 18.6. The first-order chi connectivity index (χ1) is 12.0. The fourth-order valence-electron chi connectivity index (χ4n) is 2.31. The molecule has 1 amide bonds. The number of guanidine groups is 1. The highest BCUT2D eigenvalue weighted by atomic mass is 127. The molecule has 148 valence electrons. The van der Waals surface area contributed by atoms with Crippen LogP contribution in [0.2, 0.25) is 0 Å². The first-order valence-electron chi connectivity index (χ1n) is 8.96. The van der Waals surface area contributed by atoms with E-state index in [0.717, 1.165) is 36.3 Å². The maximum Gasteiger partial charge on any atom is 0.221 e. The number of nitrogens with zero attached hydrogens (tertiary/aromatic N) is 1. The second-order valence-corrected chi connectivity index (χ2v) is 6.37. The molecule has 26 heavy (non-hydrogen) atoms. The summed E-state index contributed by atoms with van der Waals surface area (Å²) in [5, 5.41) is 9.28. The van der Waals surface area contributed by atoms with Crippen LogP contribution in [0.3, 0.4) is 0 Å². The van der Waals surface area contributed by atoms with E-state index in [-0.39, 0.29) is 29.9 Å². The Balaban J connectivity index is 0.00000625. The van der Waals surface area contributed by atoms with Crippen LogP contribution in [-0.2, 0) is 4.79 Å². The molecule has 6 nitrogen and oxygen atoms in total. The molecule has 0 saturated heterocycles. The zero-order valence-electron chi connectivity index (χ0n) is 16.3. The van der Waals surface area contributed by atoms with Crippen LogP contribution in [-0.4, -0.2) is 38.6 Å². The molecule has 0 spiro atoms. The zero-order chi connectivity index (χ0) is 18.5. The summed E-state index contributed by atoms with van der Waals surface area (Å²) < 4.78 is 5.70. The minimum atomic E-state index is -0.0953. The Bertz CT molecular complexity index is 550. The lowest BCUT2D eigenvalue weighted by atomic mass is 10.1. The van der Waals surface area contributed by atoms with E-state index in [1.54, 1.807) is 7.05 Å². The van der Waals surface area contributed by atoms with E-state index in [9.17, 15) is 4.79 Å². The number of ether oxygens (including phenoxy) is 1. The summed E-state index contributed by atoms with van der Waals surface area (Å²) in [5.74, 6) is 2.19. The monoisotopic (exact) mass is 476 g/mol. The maximum atomic E-state index is 11.1. The number of aliphatic imine (C=N–C) groups is 1. The van der Waals surface area contributed by atoms with Crippen molar-refractivity contribution in [3.05, 3.63) is 24.3 Å². The smallest absolute Gasteiger partial charge is 0.221 e. The summed E-state index contributed by atoms with van der Waals surface area (Å²) in [4.78, 5) is 15.3. The van der Waals surface area contributed by atoms with Crippen LogP contribution in [0.4, 0.5) is 5.69 Å². The predicted octanol–water partition coefficient (Wildman–Crippen LogP) is 3.63. The van der Waals surface area contributed by atoms with Gasteiger partial charge in [-0.3, -0.25) is 9.79 Å². The Hall–Kier alpha value is -1.51. The van der Waals surface area contributed by atoms with Gasteiger partial charge in [0.2, 0.25) is 5.91 Å². The van der Waals surface area contributed by atoms with Crippen LogP contribution < -0.4 is 20.7 Å². The van der Waals surface area contributed by atoms with E-state index in [2.05, 4.69) is 34.8 Å². The van der Waals surface area contributed by atoms with E-state index in [1.807, 2.05) is 24.3 Å². The van der Waals surface area contributed by atoms with Crippen molar-refractivity contribution in [1.82, 2.24) is 10.6 Å². The number of unbranched alkanes of at least 4 members (excludes halogenated alkanes) is 1. The standard InChI is InChI=1S/C19H32N4O2.HI/c1-15(2)8-5-6-11-21-19(20-4)22-12-13-25-18-10-7-9-17(14-18)23-16(3)24;/h7,9-10,14-15H,5-6,8,11-13H2,1-4H3,(H,23,24)(H2,20,21,22);1H. The maximum absolute atomic E-state index is 11.1. The number of halogens is 1. The van der Waals surface area contributed by atoms with Gasteiger partial charge in [-0.25, -0.2) is 0 Å². The van der Waals surface area contributed by atoms with Gasteiger partial charge in [0.15, 0.2) is 5.96 Å². The van der Waals surface area contributed by atoms with Gasteiger partial charge in [-0.15, -0.1) is 24.0 Å². The van der Waals surface area contributed by atoms with Gasteiger partial charge in [-0.05, 0) is 24.5 Å². The van der Waals surface area contributed by atoms with Crippen LogP contribution in [0, 0.1) is 5.92 Å². The first kappa shape index (κ1) is 24.5. The highest BCUT2D eigenvalue weighted by molar-refractivity contribution is 14.0. The number of hydrogen-bond acceptors (Lipinski definition) is 3. The van der Waals surface area contributed by atoms with Gasteiger partial charge in [0.1, 0.15) is 12.4 Å². The van der Waals surface area contributed by atoms with Gasteiger partial charge in [0, 0.05) is 32.3 Å². The Labute approximate surface area is 174 Å². The van der Waals surface area contributed by atoms with Gasteiger partial charge < -0.3 is 20.7 Å². The number of nitrogens with one attached hydrogen (secondary N) is 3. The molecule has 0 unspecified atom stereocenters. The van der Waals surface area contributed by atoms with Crippen molar-refractivity contribution < 1.29 is 9.53 Å². The number of benzene rings is 1. The van der Waals surface area contributed by atoms with Crippen molar-refractivity contribution in [3.63, 3.8) is 0 Å². The fourth-order valence-corrected chi connectivity index (χ4v) is 2.31. The van der Waals surface area contributed by atoms with Crippen molar-refractivity contribution in [2.45, 2.75) is 40.0 Å². The number of carbonyl (C=O) groups is 1. The topological polar surface area (TPSA) is 74.8 Å². The molecule has 0 saturated carbocycles. The Morgan fingerprint density at radius 2 is 1.92 bits per heavy atom. The largest absolute Gasteiger partial charge is 0.492 e. The molecule has 1 rings (SSSR count). The first-order valence-corrected chi connectivity index (χ1v) is 8.96. The highest BCUT2D eigenvalue weighted by Crippen LogP contribution is 2.16. The molecule has 7 heteroatoms. The molecule has 0 heterocycles. The molecule has 0 aromatic heterocycles. The lowest BCUT2D eigenvalue weighted by Crippen LogP contribution is -2.39. The van der Waals surface area contributed by atoms with E-state index in [0.29, 0.717) is 13.2 Å². The summed E-state index contributed by atoms with van der Waals surface area (Å²) >= 11 is 0. The van der Waals surface area contributed by atoms with Gasteiger partial charge in [-0.1, -0.05) is 32.8 Å². The number of anilines is 1. The second-order valence-electron chi connectivity index (χ2n) is 6.37. The van der Waals surface area contributed by atoms with Gasteiger partial charge >= 0.3 is 0 Å². The number of hydrogen-bond donors (Lipinski definition) is 3. The highest BCUT2D eigenvalue weighted by Gasteiger charge is 2.00. The summed E-state index contributed by atoms with van der Waals surface area (Å²) in [6.07, 6.45) is 3.64. The molecule has 0 bridgehead atoms. The fraction of sp³-hybridized carbons (Fsp3) is 0.579. The van der Waals surface area contributed by atoms with E-state index < -0.39 is 0 Å². The molecule has 0 aliphatic heterocycles. The molecule has 0 radical (unpaired) electrons. The van der Waals surface area contributed by atoms with E-state index >= 15 is 0 Å². The third-order valence-corrected chi connectivity index (χ3v) is 3.54. The summed E-state index contributed by atoms with van der Waals surface area (Å²) in [6, 6.07) is 7.36. The minimum absolute atomic E-state index is 0. The molecule has 0 fully saturated rings. The molecule has 3 N–H and O–H groups in total. The lowest BCUT2D eigenvalue weighted by Gasteiger charge is -2.13. The number of amides is 1. The molecule has 1 aromatic rings. The van der Waals surface area contributed by atoms with Crippen LogP contribution >= 0.6 is 24.0 Å². The molecule has 0 aliphatic rings. The third-order valence-electron chi connectivity index (χ3n) is 3.54. The van der Waals surface area contributed by atoms with Gasteiger partial charge in [0.05, 0.1) is 6.54 Å². The minimum Gasteiger partial charge on any atom is -0.492 e. The van der Waals surface area contributed by atoms with Crippen LogP contribution in [0.5, 0.6) is 5.75 Å². The van der Waals surface area contributed by atoms with Gasteiger partial charge in [0.25, 0.3) is 0 Å². The average Bonchev–Trinajstić information content (AvgIpc) is 2.56. The van der Waals surface area contributed by atoms with E-state index in [1.165, 1.54) is 19.8 Å². The van der Waals surface area contributed by atoms with Crippen LogP contribution in [0.15, 0.2) is 29.3 Å². The molecular weight excluding hydrogens is 443 g/mol. The lowest BCUT2D eigenvalue weighted by molar-refractivity contribution is -0.114. The van der Waals surface area contributed by atoms with Crippen molar-refractivity contribution >= 4 is 41.5 Å². The van der Waals surface area contributed by atoms with Gasteiger partial charge in [-0.2, -0.15) is 0 Å². The van der Waals surface area contributed by atoms with Crippen molar-refractivity contribution in [2.75, 3.05) is 32.1 Å². The van der Waals surface area contributed by atoms with Crippen molar-refractivity contribution in [1.29, 1.82) is 0 Å². The van der Waals surface area contributed by atoms with E-state index in [4.69, 9.17) is 4.74 Å². The molecular formula is C19H33IN4O2. The predicted molar refractivity (Wildman–Crippen MR) is 120 cm³/mol. The normalized spacial score (nSPS) is 10.9. The second kappa shape index (κ2) is 14.6. The molecule has 0 atom stereocenters. The quantitative estimate of drug-likeness (QED) is 0.209. The van der Waals surface area contributed by atoms with Crippen LogP contribution in [0.1, 0.15) is 40.0 Å². The summed E-state index contributed by atoms with van der Waals surface area (Å²) in [5.41, 5.74) is 0.733. The Morgan fingerprint density at radius 3 is 2.58 bits per heavy atom. The number of carbonyl (C=O) groups excluding carboxylic acids is 1. The molecule has 1 aromatic carbocycles. The van der Waals surface area contributed by atoms with Crippen molar-refractivity contribution in [2.24, 2.45) is 10.9 Å². The Kier molecular flexibility index (Phi) is 13.8. The third kappa shape index (κ3) is 11.9. The average molecular weight is 476 g/mol.